The molecular formula is C15H11FN4O. The first-order chi connectivity index (χ1) is 10.2. The summed E-state index contributed by atoms with van der Waals surface area (Å²) in [6.45, 7) is 0.176. The quantitative estimate of drug-likeness (QED) is 0.593. The van der Waals surface area contributed by atoms with E-state index >= 15 is 0 Å². The van der Waals surface area contributed by atoms with Crippen molar-refractivity contribution in [1.29, 1.82) is 0 Å². The van der Waals surface area contributed by atoms with Crippen molar-refractivity contribution >= 4 is 22.1 Å². The molecule has 0 atom stereocenters. The molecule has 0 aliphatic rings. The van der Waals surface area contributed by atoms with E-state index in [-0.39, 0.29) is 18.1 Å². The number of aromatic amines is 2. The highest BCUT2D eigenvalue weighted by Crippen LogP contribution is 2.21. The first kappa shape index (κ1) is 11.9. The summed E-state index contributed by atoms with van der Waals surface area (Å²) < 4.78 is 15.4. The maximum atomic E-state index is 13.8. The van der Waals surface area contributed by atoms with Gasteiger partial charge in [0.2, 0.25) is 0 Å². The molecule has 4 rings (SSSR count). The van der Waals surface area contributed by atoms with Crippen molar-refractivity contribution in [3.63, 3.8) is 0 Å². The van der Waals surface area contributed by atoms with E-state index in [1.807, 2.05) is 6.07 Å². The van der Waals surface area contributed by atoms with Gasteiger partial charge >= 0.3 is 5.69 Å². The largest absolute Gasteiger partial charge is 0.346 e. The van der Waals surface area contributed by atoms with Gasteiger partial charge in [0, 0.05) is 17.1 Å². The number of rotatable bonds is 2. The van der Waals surface area contributed by atoms with Crippen molar-refractivity contribution in [3.8, 4) is 0 Å². The van der Waals surface area contributed by atoms with Crippen LogP contribution in [0.5, 0.6) is 0 Å². The van der Waals surface area contributed by atoms with Gasteiger partial charge in [-0.2, -0.15) is 0 Å². The molecule has 0 fully saturated rings. The number of benzene rings is 1. The summed E-state index contributed by atoms with van der Waals surface area (Å²) in [6, 6.07) is 8.31. The van der Waals surface area contributed by atoms with Crippen molar-refractivity contribution < 1.29 is 4.39 Å². The summed E-state index contributed by atoms with van der Waals surface area (Å²) >= 11 is 0. The number of aromatic nitrogens is 4. The monoisotopic (exact) mass is 282 g/mol. The number of fused-ring (bicyclic) bond motifs is 3. The van der Waals surface area contributed by atoms with Crippen LogP contribution in [-0.2, 0) is 6.54 Å². The van der Waals surface area contributed by atoms with Crippen LogP contribution in [0.4, 0.5) is 4.39 Å². The Balaban J connectivity index is 2.00. The van der Waals surface area contributed by atoms with Crippen molar-refractivity contribution in [2.75, 3.05) is 0 Å². The average Bonchev–Trinajstić information content (AvgIpc) is 3.06. The number of imidazole rings is 1. The first-order valence-electron chi connectivity index (χ1n) is 6.52. The van der Waals surface area contributed by atoms with Crippen LogP contribution in [0.25, 0.3) is 22.1 Å². The van der Waals surface area contributed by atoms with Crippen LogP contribution < -0.4 is 5.69 Å². The van der Waals surface area contributed by atoms with Gasteiger partial charge in [0.1, 0.15) is 11.5 Å². The van der Waals surface area contributed by atoms with E-state index in [0.717, 1.165) is 10.9 Å². The van der Waals surface area contributed by atoms with Crippen LogP contribution >= 0.6 is 0 Å². The second kappa shape index (κ2) is 4.31. The minimum absolute atomic E-state index is 0.176. The fraction of sp³-hybridized carbons (Fsp3) is 0.0667. The van der Waals surface area contributed by atoms with Crippen molar-refractivity contribution in [2.24, 2.45) is 0 Å². The second-order valence-electron chi connectivity index (χ2n) is 4.87. The number of nitrogens with one attached hydrogen (secondary N) is 2. The SMILES string of the molecule is O=c1[nH]c2cnc3[nH]ccc3c2n1Cc1ccccc1F. The van der Waals surface area contributed by atoms with Gasteiger partial charge in [-0.3, -0.25) is 4.57 Å². The third-order valence-electron chi connectivity index (χ3n) is 3.60. The summed E-state index contributed by atoms with van der Waals surface area (Å²) in [6.07, 6.45) is 3.37. The molecular weight excluding hydrogens is 271 g/mol. The number of H-pyrrole nitrogens is 2. The number of pyridine rings is 1. The van der Waals surface area contributed by atoms with Crippen molar-refractivity contribution in [3.05, 3.63) is 64.6 Å². The van der Waals surface area contributed by atoms with Crippen LogP contribution in [0.15, 0.2) is 47.5 Å². The van der Waals surface area contributed by atoms with Gasteiger partial charge < -0.3 is 9.97 Å². The smallest absolute Gasteiger partial charge is 0.326 e. The summed E-state index contributed by atoms with van der Waals surface area (Å²) in [7, 11) is 0. The molecule has 0 saturated carbocycles. The van der Waals surface area contributed by atoms with Crippen molar-refractivity contribution in [1.82, 2.24) is 19.5 Å². The van der Waals surface area contributed by atoms with Crippen molar-refractivity contribution in [2.45, 2.75) is 6.54 Å². The predicted molar refractivity (Wildman–Crippen MR) is 77.7 cm³/mol. The van der Waals surface area contributed by atoms with Gasteiger partial charge in [-0.15, -0.1) is 0 Å². The first-order valence-corrected chi connectivity index (χ1v) is 6.52. The Hall–Kier alpha value is -2.89. The van der Waals surface area contributed by atoms with Gasteiger partial charge in [0.25, 0.3) is 0 Å². The maximum absolute atomic E-state index is 13.8. The second-order valence-corrected chi connectivity index (χ2v) is 4.87. The average molecular weight is 282 g/mol. The molecule has 0 aliphatic carbocycles. The van der Waals surface area contributed by atoms with E-state index in [9.17, 15) is 9.18 Å². The molecule has 0 spiro atoms. The van der Waals surface area contributed by atoms with Crippen LogP contribution in [0.1, 0.15) is 5.56 Å². The molecule has 3 heterocycles. The molecule has 5 nitrogen and oxygen atoms in total. The highest BCUT2D eigenvalue weighted by molar-refractivity contribution is 6.00. The zero-order valence-corrected chi connectivity index (χ0v) is 10.9. The summed E-state index contributed by atoms with van der Waals surface area (Å²) in [5.74, 6) is -0.321. The Labute approximate surface area is 118 Å². The van der Waals surface area contributed by atoms with Gasteiger partial charge in [-0.05, 0) is 12.1 Å². The molecule has 0 aliphatic heterocycles. The van der Waals surface area contributed by atoms with E-state index in [1.54, 1.807) is 30.6 Å². The molecule has 0 amide bonds. The van der Waals surface area contributed by atoms with E-state index in [4.69, 9.17) is 0 Å². The number of halogens is 1. The summed E-state index contributed by atoms with van der Waals surface area (Å²) in [5.41, 5.74) is 2.27. The van der Waals surface area contributed by atoms with Gasteiger partial charge in [-0.25, -0.2) is 14.2 Å². The minimum Gasteiger partial charge on any atom is -0.346 e. The Kier molecular flexibility index (Phi) is 2.44. The number of hydrogen-bond acceptors (Lipinski definition) is 2. The molecule has 6 heteroatoms. The Morgan fingerprint density at radius 3 is 2.95 bits per heavy atom. The number of hydrogen-bond donors (Lipinski definition) is 2. The van der Waals surface area contributed by atoms with Crippen LogP contribution in [0.2, 0.25) is 0 Å². The van der Waals surface area contributed by atoms with Crippen LogP contribution in [0.3, 0.4) is 0 Å². The molecule has 2 N–H and O–H groups in total. The lowest BCUT2D eigenvalue weighted by Gasteiger charge is -2.05. The van der Waals surface area contributed by atoms with Gasteiger partial charge in [0.05, 0.1) is 23.8 Å². The zero-order valence-electron chi connectivity index (χ0n) is 10.9. The molecule has 0 bridgehead atoms. The standard InChI is InChI=1S/C15H11FN4O/c16-11-4-2-1-3-9(11)8-20-13-10-5-6-17-14(10)18-7-12(13)19-15(20)21/h1-7H,8H2,(H,17,18)(H,19,21). The Bertz CT molecular complexity index is 1010. The van der Waals surface area contributed by atoms with E-state index in [1.165, 1.54) is 10.6 Å². The Morgan fingerprint density at radius 2 is 2.10 bits per heavy atom. The molecule has 3 aromatic heterocycles. The highest BCUT2D eigenvalue weighted by atomic mass is 19.1. The summed E-state index contributed by atoms with van der Waals surface area (Å²) in [5, 5.41) is 0.835. The summed E-state index contributed by atoms with van der Waals surface area (Å²) in [4.78, 5) is 22.2. The van der Waals surface area contributed by atoms with E-state index < -0.39 is 0 Å². The lowest BCUT2D eigenvalue weighted by Crippen LogP contribution is -2.18. The third-order valence-corrected chi connectivity index (χ3v) is 3.60. The molecule has 0 saturated heterocycles. The lowest BCUT2D eigenvalue weighted by molar-refractivity contribution is 0.599. The molecule has 0 radical (unpaired) electrons. The fourth-order valence-corrected chi connectivity index (χ4v) is 2.61. The number of nitrogens with zero attached hydrogens (tertiary/aromatic N) is 2. The minimum atomic E-state index is -0.321. The van der Waals surface area contributed by atoms with Crippen LogP contribution in [0, 0.1) is 5.82 Å². The van der Waals surface area contributed by atoms with Crippen LogP contribution in [-0.4, -0.2) is 19.5 Å². The highest BCUT2D eigenvalue weighted by Gasteiger charge is 2.13. The van der Waals surface area contributed by atoms with Gasteiger partial charge in [-0.1, -0.05) is 18.2 Å². The van der Waals surface area contributed by atoms with E-state index in [2.05, 4.69) is 15.0 Å². The van der Waals surface area contributed by atoms with Gasteiger partial charge in [0.15, 0.2) is 0 Å². The topological polar surface area (TPSA) is 66.5 Å². The third kappa shape index (κ3) is 1.76. The molecule has 21 heavy (non-hydrogen) atoms. The fourth-order valence-electron chi connectivity index (χ4n) is 2.61. The lowest BCUT2D eigenvalue weighted by atomic mass is 10.2. The Morgan fingerprint density at radius 1 is 1.24 bits per heavy atom. The normalized spacial score (nSPS) is 11.5. The predicted octanol–water partition coefficient (Wildman–Crippen LogP) is 2.39. The van der Waals surface area contributed by atoms with E-state index in [0.29, 0.717) is 16.7 Å². The molecule has 4 aromatic rings. The zero-order chi connectivity index (χ0) is 14.4. The molecule has 0 unspecified atom stereocenters. The molecule has 104 valence electrons. The molecule has 1 aromatic carbocycles. The maximum Gasteiger partial charge on any atom is 0.326 e.